The van der Waals surface area contributed by atoms with Gasteiger partial charge in [0.15, 0.2) is 0 Å². The average molecular weight is 410 g/mol. The topological polar surface area (TPSA) is 84.4 Å². The molecule has 1 aromatic carbocycles. The first-order valence-electron chi connectivity index (χ1n) is 9.38. The summed E-state index contributed by atoms with van der Waals surface area (Å²) in [5.41, 5.74) is 1.53. The van der Waals surface area contributed by atoms with Gasteiger partial charge in [0, 0.05) is 12.7 Å². The molecule has 1 atom stereocenters. The van der Waals surface area contributed by atoms with Crippen LogP contribution in [0.3, 0.4) is 0 Å². The number of pyridine rings is 2. The van der Waals surface area contributed by atoms with Gasteiger partial charge in [0.05, 0.1) is 30.7 Å². The van der Waals surface area contributed by atoms with Gasteiger partial charge < -0.3 is 10.1 Å². The number of benzene rings is 1. The minimum Gasteiger partial charge on any atom is -0.495 e. The van der Waals surface area contributed by atoms with E-state index >= 15 is 0 Å². The second kappa shape index (κ2) is 8.18. The molecule has 8 heteroatoms. The lowest BCUT2D eigenvalue weighted by molar-refractivity contribution is 0.377. The molecule has 1 saturated heterocycles. The van der Waals surface area contributed by atoms with E-state index < -0.39 is 10.0 Å². The van der Waals surface area contributed by atoms with Gasteiger partial charge in [0.25, 0.3) is 0 Å². The zero-order valence-electron chi connectivity index (χ0n) is 16.0. The molecule has 1 N–H and O–H groups in total. The first-order chi connectivity index (χ1) is 14.1. The van der Waals surface area contributed by atoms with Crippen molar-refractivity contribution in [2.45, 2.75) is 23.8 Å². The lowest BCUT2D eigenvalue weighted by Gasteiger charge is -2.24. The molecule has 1 aliphatic rings. The first kappa shape index (κ1) is 19.4. The van der Waals surface area contributed by atoms with E-state index in [9.17, 15) is 8.42 Å². The van der Waals surface area contributed by atoms with E-state index in [1.54, 1.807) is 36.7 Å². The monoisotopic (exact) mass is 410 g/mol. The molecule has 1 aliphatic heterocycles. The maximum absolute atomic E-state index is 13.3. The molecule has 0 radical (unpaired) electrons. The van der Waals surface area contributed by atoms with E-state index in [1.165, 1.54) is 11.4 Å². The number of anilines is 2. The Labute approximate surface area is 170 Å². The Kier molecular flexibility index (Phi) is 5.46. The van der Waals surface area contributed by atoms with Crippen LogP contribution >= 0.6 is 0 Å². The number of aromatic nitrogens is 2. The highest BCUT2D eigenvalue weighted by atomic mass is 32.2. The number of sulfonamides is 1. The summed E-state index contributed by atoms with van der Waals surface area (Å²) in [5, 5.41) is 3.18. The third-order valence-electron chi connectivity index (χ3n) is 4.92. The molecule has 7 nitrogen and oxygen atoms in total. The number of nitrogens with one attached hydrogen (secondary N) is 1. The zero-order chi connectivity index (χ0) is 20.3. The van der Waals surface area contributed by atoms with Crippen molar-refractivity contribution < 1.29 is 13.2 Å². The molecule has 0 saturated carbocycles. The molecule has 0 amide bonds. The second-order valence-electron chi connectivity index (χ2n) is 6.74. The fraction of sp³-hybridized carbons (Fsp3) is 0.238. The smallest absolute Gasteiger partial charge is 0.247 e. The number of methoxy groups -OCH3 is 1. The van der Waals surface area contributed by atoms with Gasteiger partial charge in [-0.1, -0.05) is 18.2 Å². The number of hydrogen-bond donors (Lipinski definition) is 1. The van der Waals surface area contributed by atoms with Crippen LogP contribution in [0.15, 0.2) is 71.9 Å². The van der Waals surface area contributed by atoms with Gasteiger partial charge in [-0.05, 0) is 49.2 Å². The Bertz CT molecular complexity index is 1070. The quantitative estimate of drug-likeness (QED) is 0.666. The number of hydrogen-bond acceptors (Lipinski definition) is 6. The molecule has 1 unspecified atom stereocenters. The van der Waals surface area contributed by atoms with Crippen LogP contribution in [-0.4, -0.2) is 36.3 Å². The summed E-state index contributed by atoms with van der Waals surface area (Å²) in [6, 6.07) is 15.8. The Morgan fingerprint density at radius 3 is 2.62 bits per heavy atom. The van der Waals surface area contributed by atoms with Crippen LogP contribution in [0.1, 0.15) is 24.6 Å². The highest BCUT2D eigenvalue weighted by molar-refractivity contribution is 7.89. The van der Waals surface area contributed by atoms with Gasteiger partial charge in [-0.3, -0.25) is 4.98 Å². The molecule has 29 heavy (non-hydrogen) atoms. The van der Waals surface area contributed by atoms with Crippen molar-refractivity contribution >= 4 is 21.5 Å². The summed E-state index contributed by atoms with van der Waals surface area (Å²) in [7, 11) is -2.22. The zero-order valence-corrected chi connectivity index (χ0v) is 16.8. The van der Waals surface area contributed by atoms with Gasteiger partial charge in [-0.2, -0.15) is 4.31 Å². The molecule has 4 rings (SSSR count). The van der Waals surface area contributed by atoms with E-state index in [4.69, 9.17) is 4.74 Å². The van der Waals surface area contributed by atoms with E-state index in [1.807, 2.05) is 30.3 Å². The third-order valence-corrected chi connectivity index (χ3v) is 6.87. The minimum absolute atomic E-state index is 0.183. The number of ether oxygens (including phenoxy) is 1. The first-order valence-corrected chi connectivity index (χ1v) is 10.8. The van der Waals surface area contributed by atoms with Gasteiger partial charge in [-0.25, -0.2) is 13.4 Å². The van der Waals surface area contributed by atoms with E-state index in [0.717, 1.165) is 30.0 Å². The van der Waals surface area contributed by atoms with Crippen LogP contribution in [-0.2, 0) is 10.0 Å². The van der Waals surface area contributed by atoms with Gasteiger partial charge in [-0.15, -0.1) is 0 Å². The number of rotatable bonds is 6. The van der Waals surface area contributed by atoms with Crippen LogP contribution < -0.4 is 10.1 Å². The van der Waals surface area contributed by atoms with Crippen molar-refractivity contribution in [1.29, 1.82) is 0 Å². The number of nitrogens with zero attached hydrogens (tertiary/aromatic N) is 3. The summed E-state index contributed by atoms with van der Waals surface area (Å²) in [5.74, 6) is 1.07. The van der Waals surface area contributed by atoms with Gasteiger partial charge >= 0.3 is 0 Å². The van der Waals surface area contributed by atoms with Crippen molar-refractivity contribution in [2.75, 3.05) is 19.0 Å². The molecule has 0 bridgehead atoms. The summed E-state index contributed by atoms with van der Waals surface area (Å²) >= 11 is 0. The van der Waals surface area contributed by atoms with E-state index in [-0.39, 0.29) is 10.9 Å². The van der Waals surface area contributed by atoms with Crippen molar-refractivity contribution in [3.05, 3.63) is 72.7 Å². The minimum atomic E-state index is -3.69. The van der Waals surface area contributed by atoms with Crippen molar-refractivity contribution in [3.8, 4) is 5.75 Å². The Morgan fingerprint density at radius 2 is 1.90 bits per heavy atom. The molecule has 2 aromatic heterocycles. The fourth-order valence-electron chi connectivity index (χ4n) is 3.54. The van der Waals surface area contributed by atoms with Crippen molar-refractivity contribution in [3.63, 3.8) is 0 Å². The van der Waals surface area contributed by atoms with Crippen LogP contribution in [0.2, 0.25) is 0 Å². The third kappa shape index (κ3) is 3.94. The molecule has 1 fully saturated rings. The maximum Gasteiger partial charge on any atom is 0.247 e. The highest BCUT2D eigenvalue weighted by Gasteiger charge is 2.38. The summed E-state index contributed by atoms with van der Waals surface area (Å²) in [6.45, 7) is 0.459. The SMILES string of the molecule is COc1ccccc1S(=O)(=O)N1CCCC1c1ccc(Nc2ccccn2)cn1. The Morgan fingerprint density at radius 1 is 1.07 bits per heavy atom. The summed E-state index contributed by atoms with van der Waals surface area (Å²) < 4.78 is 33.4. The molecule has 3 aromatic rings. The molecular formula is C21H22N4O3S. The van der Waals surface area contributed by atoms with Crippen LogP contribution in [0.4, 0.5) is 11.5 Å². The lowest BCUT2D eigenvalue weighted by Crippen LogP contribution is -2.31. The second-order valence-corrected chi connectivity index (χ2v) is 8.60. The number of para-hydroxylation sites is 1. The van der Waals surface area contributed by atoms with Gasteiger partial charge in [0.2, 0.25) is 10.0 Å². The molecule has 0 spiro atoms. The van der Waals surface area contributed by atoms with E-state index in [0.29, 0.717) is 12.3 Å². The largest absolute Gasteiger partial charge is 0.495 e. The van der Waals surface area contributed by atoms with E-state index in [2.05, 4.69) is 15.3 Å². The molecule has 150 valence electrons. The van der Waals surface area contributed by atoms with Crippen molar-refractivity contribution in [1.82, 2.24) is 14.3 Å². The summed E-state index contributed by atoms with van der Waals surface area (Å²) in [4.78, 5) is 8.94. The van der Waals surface area contributed by atoms with Gasteiger partial charge in [0.1, 0.15) is 16.5 Å². The van der Waals surface area contributed by atoms with Crippen molar-refractivity contribution in [2.24, 2.45) is 0 Å². The lowest BCUT2D eigenvalue weighted by atomic mass is 10.1. The Balaban J connectivity index is 1.58. The Hall–Kier alpha value is -2.97. The standard InChI is InChI=1S/C21H22N4O3S/c1-28-19-8-2-3-9-20(19)29(26,27)25-14-6-7-18(25)17-12-11-16(15-23-17)24-21-10-4-5-13-22-21/h2-5,8-13,15,18H,6-7,14H2,1H3,(H,22,24). The van der Waals surface area contributed by atoms with Crippen LogP contribution in [0.5, 0.6) is 5.75 Å². The normalized spacial score (nSPS) is 17.2. The fourth-order valence-corrected chi connectivity index (χ4v) is 5.37. The highest BCUT2D eigenvalue weighted by Crippen LogP contribution is 2.38. The maximum atomic E-state index is 13.3. The molecule has 0 aliphatic carbocycles. The predicted octanol–water partition coefficient (Wildman–Crippen LogP) is 3.75. The summed E-state index contributed by atoms with van der Waals surface area (Å²) in [6.07, 6.45) is 4.93. The molecular weight excluding hydrogens is 388 g/mol. The van der Waals surface area contributed by atoms with Crippen LogP contribution in [0, 0.1) is 0 Å². The molecule has 3 heterocycles. The predicted molar refractivity (Wildman–Crippen MR) is 111 cm³/mol. The average Bonchev–Trinajstić information content (AvgIpc) is 3.26. The van der Waals surface area contributed by atoms with Crippen LogP contribution in [0.25, 0.3) is 0 Å².